The molecule has 36 heavy (non-hydrogen) atoms. The monoisotopic (exact) mass is 477 g/mol. The average molecular weight is 478 g/mol. The topological polar surface area (TPSA) is 98.0 Å². The van der Waals surface area contributed by atoms with E-state index in [2.05, 4.69) is 58.7 Å². The second kappa shape index (κ2) is 9.58. The van der Waals surface area contributed by atoms with Gasteiger partial charge in [0.1, 0.15) is 0 Å². The van der Waals surface area contributed by atoms with Crippen LogP contribution >= 0.6 is 0 Å². The number of carbonyl (C=O) groups is 2. The minimum absolute atomic E-state index is 0.00616. The average Bonchev–Trinajstić information content (AvgIpc) is 3.44. The first kappa shape index (κ1) is 23.2. The number of nitrogens with one attached hydrogen (secondary N) is 3. The number of carbonyl (C=O) groups excluding carboxylic acids is 1. The second-order valence-electron chi connectivity index (χ2n) is 9.03. The molecule has 0 spiro atoms. The van der Waals surface area contributed by atoms with E-state index in [1.807, 2.05) is 42.5 Å². The van der Waals surface area contributed by atoms with Gasteiger partial charge in [-0.25, -0.2) is 4.79 Å². The predicted octanol–water partition coefficient (Wildman–Crippen LogP) is 6.30. The van der Waals surface area contributed by atoms with E-state index < -0.39 is 11.9 Å². The Hall–Kier alpha value is -4.58. The van der Waals surface area contributed by atoms with E-state index in [1.54, 1.807) is 0 Å². The molecule has 1 amide bonds. The first-order chi connectivity index (χ1) is 17.4. The number of hydrogen-bond acceptors (Lipinski definition) is 2. The number of aromatic nitrogens is 2. The Morgan fingerprint density at radius 3 is 2.39 bits per heavy atom. The summed E-state index contributed by atoms with van der Waals surface area (Å²) < 4.78 is 0. The molecule has 5 aromatic rings. The molecule has 6 heteroatoms. The Morgan fingerprint density at radius 2 is 1.61 bits per heavy atom. The number of hydrogen-bond donors (Lipinski definition) is 4. The van der Waals surface area contributed by atoms with E-state index in [1.165, 1.54) is 23.4 Å². The number of aliphatic carboxylic acids is 1. The Morgan fingerprint density at radius 1 is 0.944 bits per heavy atom. The molecule has 0 aliphatic heterocycles. The second-order valence-corrected chi connectivity index (χ2v) is 9.03. The fourth-order valence-electron chi connectivity index (χ4n) is 4.96. The molecule has 0 fully saturated rings. The van der Waals surface area contributed by atoms with E-state index in [0.29, 0.717) is 12.1 Å². The van der Waals surface area contributed by atoms with Gasteiger partial charge in [-0.3, -0.25) is 4.79 Å². The van der Waals surface area contributed by atoms with E-state index >= 15 is 0 Å². The van der Waals surface area contributed by atoms with Crippen molar-refractivity contribution in [2.45, 2.75) is 26.2 Å². The number of carboxylic acid groups (broad SMARTS) is 1. The molecule has 0 radical (unpaired) electrons. The van der Waals surface area contributed by atoms with Crippen LogP contribution in [0.25, 0.3) is 21.8 Å². The van der Waals surface area contributed by atoms with Gasteiger partial charge in [0.05, 0.1) is 0 Å². The number of anilines is 1. The quantitative estimate of drug-likeness (QED) is 0.207. The summed E-state index contributed by atoms with van der Waals surface area (Å²) in [6.45, 7) is 3.50. The maximum Gasteiger partial charge on any atom is 0.331 e. The van der Waals surface area contributed by atoms with E-state index in [-0.39, 0.29) is 11.5 Å². The lowest BCUT2D eigenvalue weighted by Crippen LogP contribution is -2.14. The van der Waals surface area contributed by atoms with Crippen molar-refractivity contribution in [2.24, 2.45) is 0 Å². The molecule has 0 saturated heterocycles. The van der Waals surface area contributed by atoms with Gasteiger partial charge in [-0.1, -0.05) is 54.6 Å². The number of H-pyrrole nitrogens is 2. The van der Waals surface area contributed by atoms with Crippen molar-refractivity contribution < 1.29 is 14.7 Å². The zero-order chi connectivity index (χ0) is 25.2. The number of aromatic amines is 2. The number of fused-ring (bicyclic) bond motifs is 2. The zero-order valence-corrected chi connectivity index (χ0v) is 20.1. The molecule has 2 aromatic heterocycles. The summed E-state index contributed by atoms with van der Waals surface area (Å²) in [4.78, 5) is 30.7. The summed E-state index contributed by atoms with van der Waals surface area (Å²) in [6, 6.07) is 24.3. The standard InChI is InChI=1S/C30H27N3O3/c1-18(30(35)36)15-28(34)33-25-12-6-3-9-20(25)16-23(24-17-31-26-13-7-4-10-21(24)26)29-19(2)32-27-14-8-5-11-22(27)29/h3-15,17,23,31-32H,16H2,1-2H3,(H,33,34)(H,35,36)/b18-15-. The molecule has 6 nitrogen and oxygen atoms in total. The van der Waals surface area contributed by atoms with Gasteiger partial charge in [0.25, 0.3) is 0 Å². The summed E-state index contributed by atoms with van der Waals surface area (Å²) in [5, 5.41) is 14.3. The summed E-state index contributed by atoms with van der Waals surface area (Å²) >= 11 is 0. The molecule has 3 aromatic carbocycles. The van der Waals surface area contributed by atoms with Gasteiger partial charge in [-0.15, -0.1) is 0 Å². The molecular formula is C30H27N3O3. The minimum Gasteiger partial charge on any atom is -0.478 e. The first-order valence-corrected chi connectivity index (χ1v) is 11.9. The smallest absolute Gasteiger partial charge is 0.331 e. The highest BCUT2D eigenvalue weighted by Crippen LogP contribution is 2.39. The minimum atomic E-state index is -1.12. The number of amides is 1. The lowest BCUT2D eigenvalue weighted by molar-refractivity contribution is -0.132. The molecule has 0 aliphatic rings. The van der Waals surface area contributed by atoms with Crippen molar-refractivity contribution in [3.63, 3.8) is 0 Å². The molecule has 1 unspecified atom stereocenters. The van der Waals surface area contributed by atoms with Crippen LogP contribution < -0.4 is 5.32 Å². The molecule has 1 atom stereocenters. The largest absolute Gasteiger partial charge is 0.478 e. The Bertz CT molecular complexity index is 1620. The molecule has 0 bridgehead atoms. The molecule has 5 rings (SSSR count). The van der Waals surface area contributed by atoms with Crippen molar-refractivity contribution in [3.8, 4) is 0 Å². The van der Waals surface area contributed by atoms with Crippen LogP contribution in [0, 0.1) is 6.92 Å². The zero-order valence-electron chi connectivity index (χ0n) is 20.1. The number of benzene rings is 3. The van der Waals surface area contributed by atoms with Gasteiger partial charge in [-0.05, 0) is 55.2 Å². The summed E-state index contributed by atoms with van der Waals surface area (Å²) in [7, 11) is 0. The highest BCUT2D eigenvalue weighted by atomic mass is 16.4. The Balaban J connectivity index is 1.61. The predicted molar refractivity (Wildman–Crippen MR) is 143 cm³/mol. The highest BCUT2D eigenvalue weighted by Gasteiger charge is 2.25. The van der Waals surface area contributed by atoms with Crippen molar-refractivity contribution in [1.82, 2.24) is 9.97 Å². The molecule has 0 aliphatic carbocycles. The third-order valence-corrected chi connectivity index (χ3v) is 6.67. The normalized spacial score (nSPS) is 12.7. The van der Waals surface area contributed by atoms with Crippen LogP contribution in [0.2, 0.25) is 0 Å². The molecule has 180 valence electrons. The van der Waals surface area contributed by atoms with Crippen molar-refractivity contribution in [3.05, 3.63) is 113 Å². The third-order valence-electron chi connectivity index (χ3n) is 6.67. The van der Waals surface area contributed by atoms with Crippen LogP contribution in [0.4, 0.5) is 5.69 Å². The van der Waals surface area contributed by atoms with E-state index in [0.717, 1.165) is 33.8 Å². The van der Waals surface area contributed by atoms with Crippen LogP contribution in [-0.2, 0) is 16.0 Å². The lowest BCUT2D eigenvalue weighted by atomic mass is 9.84. The van der Waals surface area contributed by atoms with E-state index in [4.69, 9.17) is 5.11 Å². The van der Waals surface area contributed by atoms with Crippen LogP contribution in [0.15, 0.2) is 90.6 Å². The fraction of sp³-hybridized carbons (Fsp3) is 0.133. The Labute approximate surface area is 208 Å². The number of para-hydroxylation sites is 3. The fourth-order valence-corrected chi connectivity index (χ4v) is 4.96. The SMILES string of the molecule is C/C(=C/C(=O)Nc1ccccc1CC(c1c[nH]c2ccccc12)c1c(C)[nH]c2ccccc12)C(=O)O. The summed E-state index contributed by atoms with van der Waals surface area (Å²) in [5.41, 5.74) is 7.28. The van der Waals surface area contributed by atoms with Gasteiger partial charge in [0, 0.05) is 57.0 Å². The van der Waals surface area contributed by atoms with Crippen LogP contribution in [0.1, 0.15) is 35.2 Å². The van der Waals surface area contributed by atoms with Gasteiger partial charge in [0.2, 0.25) is 5.91 Å². The molecule has 4 N–H and O–H groups in total. The van der Waals surface area contributed by atoms with Crippen molar-refractivity contribution in [2.75, 3.05) is 5.32 Å². The number of aryl methyl sites for hydroxylation is 1. The van der Waals surface area contributed by atoms with Crippen molar-refractivity contribution >= 4 is 39.4 Å². The van der Waals surface area contributed by atoms with Crippen LogP contribution in [0.3, 0.4) is 0 Å². The number of carboxylic acids is 1. The molecule has 0 saturated carbocycles. The molecule has 2 heterocycles. The lowest BCUT2D eigenvalue weighted by Gasteiger charge is -2.20. The van der Waals surface area contributed by atoms with Gasteiger partial charge < -0.3 is 20.4 Å². The maximum atomic E-state index is 12.6. The summed E-state index contributed by atoms with van der Waals surface area (Å²) in [5.74, 6) is -1.58. The van der Waals surface area contributed by atoms with Crippen LogP contribution in [0.5, 0.6) is 0 Å². The highest BCUT2D eigenvalue weighted by molar-refractivity contribution is 6.04. The van der Waals surface area contributed by atoms with E-state index in [9.17, 15) is 9.59 Å². The first-order valence-electron chi connectivity index (χ1n) is 11.9. The maximum absolute atomic E-state index is 12.6. The van der Waals surface area contributed by atoms with Crippen LogP contribution in [-0.4, -0.2) is 27.0 Å². The van der Waals surface area contributed by atoms with Gasteiger partial charge >= 0.3 is 5.97 Å². The third kappa shape index (κ3) is 4.41. The van der Waals surface area contributed by atoms with Crippen molar-refractivity contribution in [1.29, 1.82) is 0 Å². The number of rotatable bonds is 7. The van der Waals surface area contributed by atoms with Gasteiger partial charge in [-0.2, -0.15) is 0 Å². The Kier molecular flexibility index (Phi) is 6.17. The molecular weight excluding hydrogens is 450 g/mol. The summed E-state index contributed by atoms with van der Waals surface area (Å²) in [6.07, 6.45) is 3.83. The van der Waals surface area contributed by atoms with Gasteiger partial charge in [0.15, 0.2) is 0 Å².